The van der Waals surface area contributed by atoms with Gasteiger partial charge in [-0.25, -0.2) is 0 Å². The first-order chi connectivity index (χ1) is 11.8. The molecule has 0 bridgehead atoms. The van der Waals surface area contributed by atoms with Gasteiger partial charge in [0.25, 0.3) is 0 Å². The van der Waals surface area contributed by atoms with Crippen LogP contribution >= 0.6 is 0 Å². The predicted molar refractivity (Wildman–Crippen MR) is 95.0 cm³/mol. The number of methoxy groups -OCH3 is 1. The van der Waals surface area contributed by atoms with Crippen molar-refractivity contribution in [2.45, 2.75) is 18.9 Å². The number of amides is 1. The summed E-state index contributed by atoms with van der Waals surface area (Å²) in [6, 6.07) is 17.7. The first-order valence-electron chi connectivity index (χ1n) is 8.48. The molecule has 126 valence electrons. The fourth-order valence-electron chi connectivity index (χ4n) is 3.24. The van der Waals surface area contributed by atoms with Crippen LogP contribution in [0.3, 0.4) is 0 Å². The van der Waals surface area contributed by atoms with E-state index in [0.717, 1.165) is 42.8 Å². The molecule has 0 aliphatic carbocycles. The van der Waals surface area contributed by atoms with Crippen LogP contribution in [0.1, 0.15) is 30.0 Å². The molecule has 0 aromatic heterocycles. The van der Waals surface area contributed by atoms with Crippen molar-refractivity contribution in [2.75, 3.05) is 20.2 Å². The van der Waals surface area contributed by atoms with Crippen molar-refractivity contribution in [1.82, 2.24) is 10.6 Å². The molecule has 1 heterocycles. The van der Waals surface area contributed by atoms with Crippen molar-refractivity contribution in [2.24, 2.45) is 5.92 Å². The second-order valence-corrected chi connectivity index (χ2v) is 6.12. The summed E-state index contributed by atoms with van der Waals surface area (Å²) < 4.78 is 5.51. The number of benzene rings is 2. The molecule has 1 amide bonds. The zero-order valence-electron chi connectivity index (χ0n) is 14.0. The Morgan fingerprint density at radius 3 is 2.46 bits per heavy atom. The van der Waals surface area contributed by atoms with Gasteiger partial charge >= 0.3 is 0 Å². The SMILES string of the molecule is COc1ccccc1C(NC(=O)C1CCNCC1)c1ccccc1. The number of ether oxygens (including phenoxy) is 1. The normalized spacial score (nSPS) is 16.4. The van der Waals surface area contributed by atoms with Gasteiger partial charge in [-0.2, -0.15) is 0 Å². The minimum absolute atomic E-state index is 0.0761. The molecule has 24 heavy (non-hydrogen) atoms. The molecule has 0 radical (unpaired) electrons. The van der Waals surface area contributed by atoms with Gasteiger partial charge in [0.15, 0.2) is 0 Å². The Kier molecular flexibility index (Phi) is 5.49. The molecule has 1 atom stereocenters. The average Bonchev–Trinajstić information content (AvgIpc) is 2.67. The molecule has 1 aliphatic rings. The highest BCUT2D eigenvalue weighted by molar-refractivity contribution is 5.80. The minimum Gasteiger partial charge on any atom is -0.496 e. The van der Waals surface area contributed by atoms with Gasteiger partial charge in [0, 0.05) is 11.5 Å². The van der Waals surface area contributed by atoms with E-state index in [2.05, 4.69) is 10.6 Å². The zero-order chi connectivity index (χ0) is 16.8. The molecular weight excluding hydrogens is 300 g/mol. The molecule has 2 aromatic carbocycles. The van der Waals surface area contributed by atoms with Crippen molar-refractivity contribution in [3.05, 3.63) is 65.7 Å². The van der Waals surface area contributed by atoms with Gasteiger partial charge in [-0.05, 0) is 37.6 Å². The van der Waals surface area contributed by atoms with Crippen LogP contribution in [0.5, 0.6) is 5.75 Å². The number of nitrogens with one attached hydrogen (secondary N) is 2. The zero-order valence-corrected chi connectivity index (χ0v) is 14.0. The Hall–Kier alpha value is -2.33. The van der Waals surface area contributed by atoms with Gasteiger partial charge in [0.2, 0.25) is 5.91 Å². The van der Waals surface area contributed by atoms with Crippen LogP contribution in [0.2, 0.25) is 0 Å². The summed E-state index contributed by atoms with van der Waals surface area (Å²) in [6.45, 7) is 1.81. The van der Waals surface area contributed by atoms with E-state index in [4.69, 9.17) is 4.74 Å². The Labute approximate surface area is 143 Å². The van der Waals surface area contributed by atoms with E-state index in [1.807, 2.05) is 54.6 Å². The van der Waals surface area contributed by atoms with Gasteiger partial charge in [0.05, 0.1) is 13.2 Å². The maximum Gasteiger partial charge on any atom is 0.223 e. The molecule has 2 aromatic rings. The summed E-state index contributed by atoms with van der Waals surface area (Å²) in [4.78, 5) is 12.8. The average molecular weight is 324 g/mol. The molecular formula is C20H24N2O2. The lowest BCUT2D eigenvalue weighted by Crippen LogP contribution is -2.40. The van der Waals surface area contributed by atoms with Gasteiger partial charge in [-0.15, -0.1) is 0 Å². The number of carbonyl (C=O) groups is 1. The molecule has 3 rings (SSSR count). The molecule has 2 N–H and O–H groups in total. The lowest BCUT2D eigenvalue weighted by Gasteiger charge is -2.27. The van der Waals surface area contributed by atoms with E-state index in [1.54, 1.807) is 7.11 Å². The van der Waals surface area contributed by atoms with E-state index in [-0.39, 0.29) is 17.9 Å². The van der Waals surface area contributed by atoms with Crippen LogP contribution in [0, 0.1) is 5.92 Å². The fraction of sp³-hybridized carbons (Fsp3) is 0.350. The van der Waals surface area contributed by atoms with E-state index >= 15 is 0 Å². The molecule has 0 saturated carbocycles. The lowest BCUT2D eigenvalue weighted by molar-refractivity contribution is -0.126. The molecule has 0 spiro atoms. The Morgan fingerprint density at radius 2 is 1.75 bits per heavy atom. The van der Waals surface area contributed by atoms with Gasteiger partial charge in [-0.1, -0.05) is 48.5 Å². The maximum atomic E-state index is 12.8. The summed E-state index contributed by atoms with van der Waals surface area (Å²) >= 11 is 0. The van der Waals surface area contributed by atoms with Crippen molar-refractivity contribution in [1.29, 1.82) is 0 Å². The number of carbonyl (C=O) groups excluding carboxylic acids is 1. The number of hydrogen-bond donors (Lipinski definition) is 2. The second kappa shape index (κ2) is 7.97. The van der Waals surface area contributed by atoms with E-state index in [9.17, 15) is 4.79 Å². The largest absolute Gasteiger partial charge is 0.496 e. The Balaban J connectivity index is 1.89. The number of hydrogen-bond acceptors (Lipinski definition) is 3. The standard InChI is InChI=1S/C20H24N2O2/c1-24-18-10-6-5-9-17(18)19(15-7-3-2-4-8-15)22-20(23)16-11-13-21-14-12-16/h2-10,16,19,21H,11-14H2,1H3,(H,22,23). The van der Waals surface area contributed by atoms with Crippen LogP contribution in [-0.4, -0.2) is 26.1 Å². The molecule has 1 aliphatic heterocycles. The molecule has 1 unspecified atom stereocenters. The predicted octanol–water partition coefficient (Wildman–Crippen LogP) is 2.90. The Morgan fingerprint density at radius 1 is 1.08 bits per heavy atom. The third-order valence-corrected chi connectivity index (χ3v) is 4.58. The van der Waals surface area contributed by atoms with Crippen LogP contribution in [0.4, 0.5) is 0 Å². The smallest absolute Gasteiger partial charge is 0.223 e. The highest BCUT2D eigenvalue weighted by Crippen LogP contribution is 2.30. The van der Waals surface area contributed by atoms with Crippen LogP contribution in [0.15, 0.2) is 54.6 Å². The molecule has 1 fully saturated rings. The monoisotopic (exact) mass is 324 g/mol. The Bertz CT molecular complexity index is 666. The van der Waals surface area contributed by atoms with Gasteiger partial charge < -0.3 is 15.4 Å². The van der Waals surface area contributed by atoms with Crippen LogP contribution < -0.4 is 15.4 Å². The van der Waals surface area contributed by atoms with Crippen molar-refractivity contribution < 1.29 is 9.53 Å². The molecule has 4 heteroatoms. The number of piperidine rings is 1. The first-order valence-corrected chi connectivity index (χ1v) is 8.48. The topological polar surface area (TPSA) is 50.4 Å². The quantitative estimate of drug-likeness (QED) is 0.889. The van der Waals surface area contributed by atoms with E-state index in [0.29, 0.717) is 0 Å². The highest BCUT2D eigenvalue weighted by Gasteiger charge is 2.26. The second-order valence-electron chi connectivity index (χ2n) is 6.12. The summed E-state index contributed by atoms with van der Waals surface area (Å²) in [5, 5.41) is 6.55. The molecule has 1 saturated heterocycles. The van der Waals surface area contributed by atoms with Crippen LogP contribution in [-0.2, 0) is 4.79 Å². The number of rotatable bonds is 5. The van der Waals surface area contributed by atoms with Gasteiger partial charge in [-0.3, -0.25) is 4.79 Å². The minimum atomic E-state index is -0.204. The lowest BCUT2D eigenvalue weighted by atomic mass is 9.94. The summed E-state index contributed by atoms with van der Waals surface area (Å²) in [7, 11) is 1.66. The van der Waals surface area contributed by atoms with Gasteiger partial charge in [0.1, 0.15) is 5.75 Å². The summed E-state index contributed by atoms with van der Waals surface area (Å²) in [5.41, 5.74) is 2.04. The van der Waals surface area contributed by atoms with E-state index in [1.165, 1.54) is 0 Å². The third-order valence-electron chi connectivity index (χ3n) is 4.58. The first kappa shape index (κ1) is 16.5. The summed E-state index contributed by atoms with van der Waals surface area (Å²) in [6.07, 6.45) is 1.78. The fourth-order valence-corrected chi connectivity index (χ4v) is 3.24. The molecule has 4 nitrogen and oxygen atoms in total. The highest BCUT2D eigenvalue weighted by atomic mass is 16.5. The van der Waals surface area contributed by atoms with E-state index < -0.39 is 0 Å². The summed E-state index contributed by atoms with van der Waals surface area (Å²) in [5.74, 6) is 0.986. The van der Waals surface area contributed by atoms with Crippen LogP contribution in [0.25, 0.3) is 0 Å². The number of para-hydroxylation sites is 1. The third kappa shape index (κ3) is 3.77. The van der Waals surface area contributed by atoms with Crippen molar-refractivity contribution in [3.63, 3.8) is 0 Å². The van der Waals surface area contributed by atoms with Crippen molar-refractivity contribution >= 4 is 5.91 Å². The van der Waals surface area contributed by atoms with Crippen molar-refractivity contribution in [3.8, 4) is 5.75 Å². The maximum absolute atomic E-state index is 12.8.